The van der Waals surface area contributed by atoms with Gasteiger partial charge in [-0.2, -0.15) is 0 Å². The molecule has 5 rings (SSSR count). The lowest BCUT2D eigenvalue weighted by Crippen LogP contribution is -2.12. The van der Waals surface area contributed by atoms with E-state index in [9.17, 15) is 0 Å². The molecule has 1 heteroatoms. The molecule has 0 N–H and O–H groups in total. The molecule has 1 aliphatic rings. The average molecular weight is 364 g/mol. The molecule has 1 aromatic heterocycles. The molecule has 0 saturated carbocycles. The Bertz CT molecular complexity index is 1210. The highest BCUT2D eigenvalue weighted by molar-refractivity contribution is 6.00. The summed E-state index contributed by atoms with van der Waals surface area (Å²) in [5.74, 6) is 1.03. The lowest BCUT2D eigenvalue weighted by molar-refractivity contribution is 0.523. The highest BCUT2D eigenvalue weighted by Gasteiger charge is 2.26. The van der Waals surface area contributed by atoms with Gasteiger partial charge in [-0.3, -0.25) is 0 Å². The van der Waals surface area contributed by atoms with Gasteiger partial charge in [0.2, 0.25) is 0 Å². The van der Waals surface area contributed by atoms with Crippen molar-refractivity contribution in [3.63, 3.8) is 0 Å². The second kappa shape index (κ2) is 6.24. The molecule has 0 atom stereocenters. The minimum Gasteiger partial charge on any atom is -0.464 e. The second-order valence-corrected chi connectivity index (χ2v) is 8.66. The predicted octanol–water partition coefficient (Wildman–Crippen LogP) is 7.49. The van der Waals surface area contributed by atoms with Crippen LogP contribution in [0.5, 0.6) is 0 Å². The van der Waals surface area contributed by atoms with Crippen molar-refractivity contribution in [2.45, 2.75) is 32.6 Å². The van der Waals surface area contributed by atoms with E-state index in [-0.39, 0.29) is 5.41 Å². The van der Waals surface area contributed by atoms with Gasteiger partial charge in [-0.05, 0) is 50.6 Å². The lowest BCUT2D eigenvalue weighted by atomic mass is 9.85. The fraction of sp³-hybridized carbons (Fsp3) is 0.185. The van der Waals surface area contributed by atoms with E-state index in [0.29, 0.717) is 0 Å². The Hall–Kier alpha value is -3.06. The summed E-state index contributed by atoms with van der Waals surface area (Å²) in [6.07, 6.45) is 5.04. The molecule has 0 fully saturated rings. The van der Waals surface area contributed by atoms with Crippen LogP contribution < -0.4 is 0 Å². The van der Waals surface area contributed by atoms with Crippen LogP contribution in [0.15, 0.2) is 77.4 Å². The molecule has 0 bridgehead atoms. The summed E-state index contributed by atoms with van der Waals surface area (Å²) in [4.78, 5) is 0. The topological polar surface area (TPSA) is 13.1 Å². The van der Waals surface area contributed by atoms with Crippen molar-refractivity contribution in [3.8, 4) is 11.1 Å². The summed E-state index contributed by atoms with van der Waals surface area (Å²) < 4.78 is 5.95. The molecule has 28 heavy (non-hydrogen) atoms. The molecule has 0 saturated heterocycles. The molecular formula is C27H24O. The molecule has 0 aliphatic heterocycles. The quantitative estimate of drug-likeness (QED) is 0.359. The van der Waals surface area contributed by atoms with Crippen LogP contribution in [0.4, 0.5) is 0 Å². The lowest BCUT2D eigenvalue weighted by Gasteiger charge is -2.18. The first-order chi connectivity index (χ1) is 13.5. The van der Waals surface area contributed by atoms with Crippen molar-refractivity contribution in [2.75, 3.05) is 0 Å². The number of benzene rings is 3. The van der Waals surface area contributed by atoms with Gasteiger partial charge >= 0.3 is 0 Å². The molecule has 0 unspecified atom stereocenters. The Balaban J connectivity index is 1.62. The van der Waals surface area contributed by atoms with Gasteiger partial charge in [0.15, 0.2) is 0 Å². The van der Waals surface area contributed by atoms with Crippen molar-refractivity contribution < 1.29 is 4.42 Å². The summed E-state index contributed by atoms with van der Waals surface area (Å²) >= 11 is 0. The van der Waals surface area contributed by atoms with Crippen LogP contribution in [0, 0.1) is 0 Å². The summed E-state index contributed by atoms with van der Waals surface area (Å²) in [5, 5.41) is 2.59. The van der Waals surface area contributed by atoms with Crippen LogP contribution in [0.25, 0.3) is 33.5 Å². The zero-order chi connectivity index (χ0) is 19.3. The summed E-state index contributed by atoms with van der Waals surface area (Å²) in [7, 11) is 0. The van der Waals surface area contributed by atoms with Gasteiger partial charge in [0.1, 0.15) is 5.76 Å². The normalized spacial score (nSPS) is 13.6. The van der Waals surface area contributed by atoms with Crippen molar-refractivity contribution in [3.05, 3.63) is 95.4 Å². The number of furan rings is 1. The van der Waals surface area contributed by atoms with Crippen molar-refractivity contribution in [1.82, 2.24) is 0 Å². The number of hydrogen-bond acceptors (Lipinski definition) is 1. The van der Waals surface area contributed by atoms with E-state index in [1.807, 2.05) is 6.26 Å². The molecule has 0 spiro atoms. The van der Waals surface area contributed by atoms with Gasteiger partial charge in [-0.1, -0.05) is 81.4 Å². The first-order valence-corrected chi connectivity index (χ1v) is 9.91. The third-order valence-electron chi connectivity index (χ3n) is 5.75. The van der Waals surface area contributed by atoms with E-state index in [4.69, 9.17) is 4.42 Å². The van der Waals surface area contributed by atoms with Gasteiger partial charge in [-0.15, -0.1) is 0 Å². The summed E-state index contributed by atoms with van der Waals surface area (Å²) in [5.41, 5.74) is 7.94. The van der Waals surface area contributed by atoms with Gasteiger partial charge in [0.25, 0.3) is 0 Å². The molecule has 138 valence electrons. The zero-order valence-corrected chi connectivity index (χ0v) is 16.6. The number of hydrogen-bond donors (Lipinski definition) is 0. The second-order valence-electron chi connectivity index (χ2n) is 8.66. The standard InChI is InChI=1S/C27H24O/c1-27(2,3)25-14-15-28-26(25)20-16-19-10-7-13-23(24(19)17-20)22-12-6-9-18-8-4-5-11-21(18)22/h4-16H,17H2,1-3H3. The number of rotatable bonds is 2. The van der Waals surface area contributed by atoms with Crippen molar-refractivity contribution in [2.24, 2.45) is 0 Å². The largest absolute Gasteiger partial charge is 0.464 e. The Morgan fingerprint density at radius 1 is 0.786 bits per heavy atom. The maximum absolute atomic E-state index is 5.95. The minimum absolute atomic E-state index is 0.0659. The molecule has 1 aliphatic carbocycles. The zero-order valence-electron chi connectivity index (χ0n) is 16.6. The van der Waals surface area contributed by atoms with E-state index in [2.05, 4.69) is 93.6 Å². The molecule has 0 amide bonds. The maximum atomic E-state index is 5.95. The van der Waals surface area contributed by atoms with Gasteiger partial charge in [-0.25, -0.2) is 0 Å². The smallest absolute Gasteiger partial charge is 0.133 e. The summed E-state index contributed by atoms with van der Waals surface area (Å²) in [6, 6.07) is 24.0. The van der Waals surface area contributed by atoms with Crippen LogP contribution in [0.2, 0.25) is 0 Å². The highest BCUT2D eigenvalue weighted by Crippen LogP contribution is 2.42. The van der Waals surface area contributed by atoms with E-state index >= 15 is 0 Å². The van der Waals surface area contributed by atoms with Crippen LogP contribution in [-0.4, -0.2) is 0 Å². The van der Waals surface area contributed by atoms with Gasteiger partial charge < -0.3 is 4.42 Å². The van der Waals surface area contributed by atoms with Crippen LogP contribution in [0.1, 0.15) is 43.2 Å². The van der Waals surface area contributed by atoms with Gasteiger partial charge in [0, 0.05) is 17.6 Å². The Morgan fingerprint density at radius 3 is 2.39 bits per heavy atom. The molecule has 3 aromatic carbocycles. The SMILES string of the molecule is CC(C)(C)c1ccoc1C1=Cc2cccc(-c3cccc4ccccc34)c2C1. The predicted molar refractivity (Wildman–Crippen MR) is 118 cm³/mol. The fourth-order valence-corrected chi connectivity index (χ4v) is 4.37. The third kappa shape index (κ3) is 2.70. The maximum Gasteiger partial charge on any atom is 0.133 e. The first-order valence-electron chi connectivity index (χ1n) is 9.91. The number of fused-ring (bicyclic) bond motifs is 2. The first kappa shape index (κ1) is 17.1. The Kier molecular flexibility index (Phi) is 3.80. The molecule has 0 radical (unpaired) electrons. The minimum atomic E-state index is 0.0659. The van der Waals surface area contributed by atoms with E-state index in [1.54, 1.807) is 0 Å². The van der Waals surface area contributed by atoms with Crippen LogP contribution in [-0.2, 0) is 11.8 Å². The number of allylic oxidation sites excluding steroid dienone is 1. The van der Waals surface area contributed by atoms with E-state index in [0.717, 1.165) is 12.2 Å². The molecule has 1 heterocycles. The molecule has 1 nitrogen and oxygen atoms in total. The average Bonchev–Trinajstić information content (AvgIpc) is 3.33. The fourth-order valence-electron chi connectivity index (χ4n) is 4.37. The van der Waals surface area contributed by atoms with Crippen molar-refractivity contribution >= 4 is 22.4 Å². The molecular weight excluding hydrogens is 340 g/mol. The third-order valence-corrected chi connectivity index (χ3v) is 5.75. The summed E-state index contributed by atoms with van der Waals surface area (Å²) in [6.45, 7) is 6.72. The van der Waals surface area contributed by atoms with Gasteiger partial charge in [0.05, 0.1) is 6.26 Å². The van der Waals surface area contributed by atoms with E-state index < -0.39 is 0 Å². The highest BCUT2D eigenvalue weighted by atomic mass is 16.3. The van der Waals surface area contributed by atoms with E-state index in [1.165, 1.54) is 44.2 Å². The Labute approximate surface area is 166 Å². The van der Waals surface area contributed by atoms with Crippen LogP contribution in [0.3, 0.4) is 0 Å². The monoisotopic (exact) mass is 364 g/mol. The van der Waals surface area contributed by atoms with Crippen molar-refractivity contribution in [1.29, 1.82) is 0 Å². The van der Waals surface area contributed by atoms with Crippen LogP contribution >= 0.6 is 0 Å². The molecule has 4 aromatic rings. The Morgan fingerprint density at radius 2 is 1.54 bits per heavy atom.